The van der Waals surface area contributed by atoms with Gasteiger partial charge in [-0.25, -0.2) is 4.39 Å². The second kappa shape index (κ2) is 11.9. The van der Waals surface area contributed by atoms with Crippen molar-refractivity contribution < 1.29 is 9.18 Å². The molecule has 2 aromatic heterocycles. The number of hydrogen-bond donors (Lipinski definition) is 1. The van der Waals surface area contributed by atoms with Crippen LogP contribution < -0.4 is 5.32 Å². The molecule has 0 aliphatic carbocycles. The van der Waals surface area contributed by atoms with Crippen molar-refractivity contribution >= 4 is 28.4 Å². The molecule has 194 valence electrons. The number of nitrogens with one attached hydrogen (secondary N) is 1. The highest BCUT2D eigenvalue weighted by atomic mass is 35.5. The Morgan fingerprint density at radius 1 is 1.00 bits per heavy atom. The van der Waals surface area contributed by atoms with Crippen LogP contribution in [0.3, 0.4) is 0 Å². The van der Waals surface area contributed by atoms with Gasteiger partial charge in [0.05, 0.1) is 10.6 Å². The zero-order chi connectivity index (χ0) is 27.2. The molecule has 0 saturated heterocycles. The maximum atomic E-state index is 13.5. The van der Waals surface area contributed by atoms with Gasteiger partial charge in [-0.3, -0.25) is 9.78 Å². The summed E-state index contributed by atoms with van der Waals surface area (Å²) in [6.07, 6.45) is 4.55. The molecule has 0 saturated carbocycles. The van der Waals surface area contributed by atoms with Crippen molar-refractivity contribution in [1.82, 2.24) is 14.9 Å². The van der Waals surface area contributed by atoms with Crippen molar-refractivity contribution in [3.63, 3.8) is 0 Å². The van der Waals surface area contributed by atoms with Crippen LogP contribution in [0.25, 0.3) is 10.9 Å². The Bertz CT molecular complexity index is 1640. The van der Waals surface area contributed by atoms with E-state index in [4.69, 9.17) is 11.6 Å². The average molecular weight is 537 g/mol. The molecule has 2 heterocycles. The number of aromatic nitrogens is 2. The fraction of sp³-hybridized carbons (Fsp3) is 0.156. The summed E-state index contributed by atoms with van der Waals surface area (Å²) in [7, 11) is 0. The maximum absolute atomic E-state index is 13.5. The third-order valence-electron chi connectivity index (χ3n) is 6.80. The Hall–Kier alpha value is -4.47. The second-order valence-corrected chi connectivity index (χ2v) is 9.73. The zero-order valence-corrected chi connectivity index (χ0v) is 21.9. The van der Waals surface area contributed by atoms with Crippen LogP contribution in [-0.2, 0) is 17.8 Å². The third kappa shape index (κ3) is 6.00. The monoisotopic (exact) mass is 536 g/mol. The Morgan fingerprint density at radius 2 is 1.79 bits per heavy atom. The van der Waals surface area contributed by atoms with E-state index in [0.717, 1.165) is 33.3 Å². The van der Waals surface area contributed by atoms with Crippen molar-refractivity contribution in [3.8, 4) is 6.07 Å². The van der Waals surface area contributed by atoms with Gasteiger partial charge < -0.3 is 9.88 Å². The number of para-hydroxylation sites is 1. The molecule has 39 heavy (non-hydrogen) atoms. The second-order valence-electron chi connectivity index (χ2n) is 9.35. The first kappa shape index (κ1) is 26.1. The molecule has 0 bridgehead atoms. The van der Waals surface area contributed by atoms with Gasteiger partial charge in [-0.1, -0.05) is 60.1 Å². The van der Waals surface area contributed by atoms with E-state index in [-0.39, 0.29) is 24.1 Å². The summed E-state index contributed by atoms with van der Waals surface area (Å²) in [5, 5.41) is 14.0. The van der Waals surface area contributed by atoms with Gasteiger partial charge in [-0.05, 0) is 53.1 Å². The maximum Gasteiger partial charge on any atom is 0.220 e. The molecule has 0 aliphatic rings. The van der Waals surface area contributed by atoms with Gasteiger partial charge in [0.25, 0.3) is 0 Å². The normalized spacial score (nSPS) is 11.7. The van der Waals surface area contributed by atoms with Gasteiger partial charge in [0.15, 0.2) is 0 Å². The number of rotatable bonds is 9. The highest BCUT2D eigenvalue weighted by Crippen LogP contribution is 2.39. The lowest BCUT2D eigenvalue weighted by atomic mass is 9.87. The molecule has 7 heteroatoms. The fourth-order valence-corrected chi connectivity index (χ4v) is 5.20. The van der Waals surface area contributed by atoms with E-state index in [2.05, 4.69) is 20.9 Å². The Balaban J connectivity index is 1.50. The molecule has 0 unspecified atom stereocenters. The van der Waals surface area contributed by atoms with Crippen LogP contribution in [0.5, 0.6) is 0 Å². The molecule has 3 aromatic carbocycles. The standard InChI is InChI=1S/C32H26ClFN4O/c33-32-23(19-35)6-5-9-27(32)28(18-31(39)37-17-15-25-7-3-4-16-36-25)29-21-38(30-10-2-1-8-26(29)30)20-22-11-13-24(34)14-12-22/h1-14,16,21,28H,15,17-18,20H2,(H,37,39)/t28-/m0/s1. The van der Waals surface area contributed by atoms with Gasteiger partial charge >= 0.3 is 0 Å². The third-order valence-corrected chi connectivity index (χ3v) is 7.23. The molecule has 1 atom stereocenters. The molecular weight excluding hydrogens is 511 g/mol. The number of pyridine rings is 1. The predicted octanol–water partition coefficient (Wildman–Crippen LogP) is 6.63. The molecule has 5 aromatic rings. The van der Waals surface area contributed by atoms with Crippen LogP contribution in [0, 0.1) is 17.1 Å². The number of amides is 1. The summed E-state index contributed by atoms with van der Waals surface area (Å²) >= 11 is 6.72. The summed E-state index contributed by atoms with van der Waals surface area (Å²) < 4.78 is 15.6. The smallest absolute Gasteiger partial charge is 0.220 e. The summed E-state index contributed by atoms with van der Waals surface area (Å²) in [5.41, 5.74) is 4.87. The van der Waals surface area contributed by atoms with Gasteiger partial charge in [-0.2, -0.15) is 5.26 Å². The first-order chi connectivity index (χ1) is 19.0. The van der Waals surface area contributed by atoms with Crippen molar-refractivity contribution in [1.29, 1.82) is 5.26 Å². The number of halogens is 2. The number of carbonyl (C=O) groups is 1. The minimum atomic E-state index is -0.389. The van der Waals surface area contributed by atoms with Gasteiger partial charge in [0.1, 0.15) is 11.9 Å². The first-order valence-corrected chi connectivity index (χ1v) is 13.1. The molecule has 0 radical (unpaired) electrons. The molecular formula is C32H26ClFN4O. The van der Waals surface area contributed by atoms with E-state index in [9.17, 15) is 14.4 Å². The molecule has 0 fully saturated rings. The largest absolute Gasteiger partial charge is 0.356 e. The zero-order valence-electron chi connectivity index (χ0n) is 21.1. The predicted molar refractivity (Wildman–Crippen MR) is 151 cm³/mol. The van der Waals surface area contributed by atoms with Crippen LogP contribution >= 0.6 is 11.6 Å². The highest BCUT2D eigenvalue weighted by Gasteiger charge is 2.25. The first-order valence-electron chi connectivity index (χ1n) is 12.7. The Morgan fingerprint density at radius 3 is 2.56 bits per heavy atom. The van der Waals surface area contributed by atoms with Crippen LogP contribution in [0.2, 0.25) is 5.02 Å². The fourth-order valence-electron chi connectivity index (χ4n) is 4.90. The summed E-state index contributed by atoms with van der Waals surface area (Å²) in [4.78, 5) is 17.6. The quantitative estimate of drug-likeness (QED) is 0.230. The molecule has 0 aliphatic heterocycles. The highest BCUT2D eigenvalue weighted by molar-refractivity contribution is 6.32. The van der Waals surface area contributed by atoms with E-state index in [0.29, 0.717) is 30.1 Å². The lowest BCUT2D eigenvalue weighted by molar-refractivity contribution is -0.121. The van der Waals surface area contributed by atoms with E-state index in [1.165, 1.54) is 12.1 Å². The Kier molecular flexibility index (Phi) is 8.00. The van der Waals surface area contributed by atoms with Crippen molar-refractivity contribution in [3.05, 3.63) is 136 Å². The summed E-state index contributed by atoms with van der Waals surface area (Å²) in [6.45, 7) is 0.997. The van der Waals surface area contributed by atoms with E-state index in [1.54, 1.807) is 30.5 Å². The van der Waals surface area contributed by atoms with Crippen molar-refractivity contribution in [2.75, 3.05) is 6.54 Å². The van der Waals surface area contributed by atoms with Crippen LogP contribution in [0.15, 0.2) is 97.3 Å². The lowest BCUT2D eigenvalue weighted by Gasteiger charge is -2.19. The topological polar surface area (TPSA) is 70.7 Å². The molecule has 1 amide bonds. The minimum absolute atomic E-state index is 0.121. The van der Waals surface area contributed by atoms with E-state index >= 15 is 0 Å². The number of fused-ring (bicyclic) bond motifs is 1. The van der Waals surface area contributed by atoms with Crippen LogP contribution in [0.1, 0.15) is 40.3 Å². The number of nitrogens with zero attached hydrogens (tertiary/aromatic N) is 3. The lowest BCUT2D eigenvalue weighted by Crippen LogP contribution is -2.27. The number of nitriles is 1. The van der Waals surface area contributed by atoms with E-state index in [1.807, 2.05) is 54.7 Å². The van der Waals surface area contributed by atoms with E-state index < -0.39 is 0 Å². The molecule has 5 nitrogen and oxygen atoms in total. The number of carbonyl (C=O) groups excluding carboxylic acids is 1. The Labute approximate surface area is 231 Å². The van der Waals surface area contributed by atoms with Gasteiger partial charge in [0.2, 0.25) is 5.91 Å². The average Bonchev–Trinajstić information content (AvgIpc) is 3.32. The van der Waals surface area contributed by atoms with Crippen LogP contribution in [0.4, 0.5) is 4.39 Å². The number of hydrogen-bond acceptors (Lipinski definition) is 3. The van der Waals surface area contributed by atoms with Gasteiger partial charge in [0, 0.05) is 60.8 Å². The SMILES string of the molecule is N#Cc1cccc([C@H](CC(=O)NCCc2ccccn2)c2cn(Cc3ccc(F)cc3)c3ccccc23)c1Cl. The number of benzene rings is 3. The van der Waals surface area contributed by atoms with Crippen molar-refractivity contribution in [2.45, 2.75) is 25.3 Å². The summed E-state index contributed by atoms with van der Waals surface area (Å²) in [5.74, 6) is -0.789. The van der Waals surface area contributed by atoms with Crippen LogP contribution in [-0.4, -0.2) is 22.0 Å². The molecule has 0 spiro atoms. The minimum Gasteiger partial charge on any atom is -0.356 e. The van der Waals surface area contributed by atoms with Crippen molar-refractivity contribution in [2.24, 2.45) is 0 Å². The van der Waals surface area contributed by atoms with Gasteiger partial charge in [-0.15, -0.1) is 0 Å². The molecule has 5 rings (SSSR count). The summed E-state index contributed by atoms with van der Waals surface area (Å²) in [6, 6.07) is 27.6. The molecule has 1 N–H and O–H groups in total.